The van der Waals surface area contributed by atoms with Crippen LogP contribution in [0.15, 0.2) is 0 Å². The Labute approximate surface area is 119 Å². The van der Waals surface area contributed by atoms with Crippen LogP contribution >= 0.6 is 0 Å². The van der Waals surface area contributed by atoms with Gasteiger partial charge in [-0.1, -0.05) is 0 Å². The predicted octanol–water partition coefficient (Wildman–Crippen LogP) is 0.310. The number of hydrogen-bond acceptors (Lipinski definition) is 8. The number of ether oxygens (including phenoxy) is 1. The van der Waals surface area contributed by atoms with Gasteiger partial charge >= 0.3 is 6.01 Å². The monoisotopic (exact) mass is 281 g/mol. The number of likely N-dealkylation sites (tertiary alicyclic amines) is 1. The first-order valence-corrected chi connectivity index (χ1v) is 6.99. The van der Waals surface area contributed by atoms with E-state index in [1.54, 1.807) is 0 Å². The summed E-state index contributed by atoms with van der Waals surface area (Å²) in [4.78, 5) is 14.8. The first-order valence-electron chi connectivity index (χ1n) is 6.99. The maximum absolute atomic E-state index is 5.35. The minimum Gasteiger partial charge on any atom is -0.464 e. The molecule has 0 atom stereocenters. The van der Waals surface area contributed by atoms with Gasteiger partial charge in [-0.05, 0) is 45.8 Å². The summed E-state index contributed by atoms with van der Waals surface area (Å²) in [6.07, 6.45) is 2.38. The highest BCUT2D eigenvalue weighted by atomic mass is 16.5. The summed E-state index contributed by atoms with van der Waals surface area (Å²) in [5.41, 5.74) is 2.42. The molecule has 0 radical (unpaired) electrons. The van der Waals surface area contributed by atoms with E-state index in [2.05, 4.69) is 37.6 Å². The minimum absolute atomic E-state index is 0.279. The Hall–Kier alpha value is -1.67. The number of nitrogens with zero attached hydrogens (tertiary/aromatic N) is 4. The molecule has 1 aliphatic heterocycles. The molecule has 20 heavy (non-hydrogen) atoms. The van der Waals surface area contributed by atoms with Crippen LogP contribution in [0, 0.1) is 5.92 Å². The van der Waals surface area contributed by atoms with Gasteiger partial charge in [0.25, 0.3) is 0 Å². The molecule has 1 aromatic rings. The van der Waals surface area contributed by atoms with Crippen molar-refractivity contribution >= 4 is 11.9 Å². The van der Waals surface area contributed by atoms with Crippen molar-refractivity contribution in [3.8, 4) is 6.01 Å². The van der Waals surface area contributed by atoms with E-state index in [9.17, 15) is 0 Å². The molecule has 0 aromatic carbocycles. The van der Waals surface area contributed by atoms with E-state index in [0.29, 0.717) is 24.4 Å². The number of piperidine rings is 1. The normalized spacial score (nSPS) is 16.9. The summed E-state index contributed by atoms with van der Waals surface area (Å²) in [6.45, 7) is 5.52. The van der Waals surface area contributed by atoms with Crippen molar-refractivity contribution in [2.45, 2.75) is 19.8 Å². The van der Waals surface area contributed by atoms with Gasteiger partial charge in [-0.25, -0.2) is 5.84 Å². The number of nitrogens with one attached hydrogen (secondary N) is 2. The fourth-order valence-corrected chi connectivity index (χ4v) is 2.20. The Morgan fingerprint density at radius 1 is 1.25 bits per heavy atom. The van der Waals surface area contributed by atoms with Crippen molar-refractivity contribution in [2.75, 3.05) is 44.0 Å². The minimum atomic E-state index is 0.279. The number of rotatable bonds is 6. The molecule has 0 unspecified atom stereocenters. The Morgan fingerprint density at radius 3 is 2.60 bits per heavy atom. The lowest BCUT2D eigenvalue weighted by Crippen LogP contribution is -2.33. The highest BCUT2D eigenvalue weighted by Gasteiger charge is 2.17. The van der Waals surface area contributed by atoms with Crippen molar-refractivity contribution in [3.05, 3.63) is 0 Å². The molecule has 0 spiro atoms. The molecule has 1 saturated heterocycles. The van der Waals surface area contributed by atoms with Crippen molar-refractivity contribution in [1.82, 2.24) is 19.9 Å². The molecule has 1 aliphatic rings. The molecule has 0 aliphatic carbocycles. The zero-order valence-electron chi connectivity index (χ0n) is 12.1. The summed E-state index contributed by atoms with van der Waals surface area (Å²) in [5.74, 6) is 6.79. The van der Waals surface area contributed by atoms with Crippen LogP contribution < -0.4 is 21.3 Å². The first-order chi connectivity index (χ1) is 9.71. The van der Waals surface area contributed by atoms with E-state index < -0.39 is 0 Å². The third-order valence-electron chi connectivity index (χ3n) is 3.40. The number of aromatic nitrogens is 3. The summed E-state index contributed by atoms with van der Waals surface area (Å²) >= 11 is 0. The Bertz CT molecular complexity index is 420. The van der Waals surface area contributed by atoms with Crippen molar-refractivity contribution < 1.29 is 4.74 Å². The second kappa shape index (κ2) is 7.20. The second-order valence-corrected chi connectivity index (χ2v) is 4.97. The molecule has 0 amide bonds. The van der Waals surface area contributed by atoms with E-state index in [0.717, 1.165) is 19.6 Å². The van der Waals surface area contributed by atoms with Gasteiger partial charge in [0.15, 0.2) is 0 Å². The van der Waals surface area contributed by atoms with Gasteiger partial charge in [0.05, 0.1) is 6.61 Å². The molecule has 4 N–H and O–H groups in total. The molecule has 0 saturated carbocycles. The van der Waals surface area contributed by atoms with Crippen LogP contribution in [0.25, 0.3) is 0 Å². The lowest BCUT2D eigenvalue weighted by atomic mass is 9.97. The number of anilines is 2. The Kier molecular flexibility index (Phi) is 5.31. The number of nitrogens with two attached hydrogens (primary N) is 1. The summed E-state index contributed by atoms with van der Waals surface area (Å²) < 4.78 is 5.29. The zero-order valence-corrected chi connectivity index (χ0v) is 12.1. The lowest BCUT2D eigenvalue weighted by molar-refractivity contribution is 0.226. The Morgan fingerprint density at radius 2 is 1.95 bits per heavy atom. The summed E-state index contributed by atoms with van der Waals surface area (Å²) in [7, 11) is 2.16. The van der Waals surface area contributed by atoms with Gasteiger partial charge in [-0.3, -0.25) is 5.43 Å². The van der Waals surface area contributed by atoms with Gasteiger partial charge in [-0.15, -0.1) is 0 Å². The molecule has 112 valence electrons. The predicted molar refractivity (Wildman–Crippen MR) is 77.5 cm³/mol. The molecule has 0 bridgehead atoms. The highest BCUT2D eigenvalue weighted by Crippen LogP contribution is 2.17. The van der Waals surface area contributed by atoms with Crippen LogP contribution in [-0.4, -0.2) is 53.1 Å². The molecule has 2 heterocycles. The third-order valence-corrected chi connectivity index (χ3v) is 3.40. The molecule has 2 rings (SSSR count). The fraction of sp³-hybridized carbons (Fsp3) is 0.750. The van der Waals surface area contributed by atoms with E-state index in [4.69, 9.17) is 10.6 Å². The van der Waals surface area contributed by atoms with Gasteiger partial charge < -0.3 is 15.0 Å². The van der Waals surface area contributed by atoms with E-state index in [1.165, 1.54) is 12.8 Å². The van der Waals surface area contributed by atoms with Crippen LogP contribution in [0.1, 0.15) is 19.8 Å². The smallest absolute Gasteiger partial charge is 0.323 e. The van der Waals surface area contributed by atoms with Gasteiger partial charge in [0.2, 0.25) is 11.9 Å². The second-order valence-electron chi connectivity index (χ2n) is 4.97. The number of hydrogen-bond donors (Lipinski definition) is 3. The fourth-order valence-electron chi connectivity index (χ4n) is 2.20. The molecule has 8 nitrogen and oxygen atoms in total. The highest BCUT2D eigenvalue weighted by molar-refractivity contribution is 5.34. The number of hydrazine groups is 1. The number of nitrogen functional groups attached to an aromatic ring is 1. The molecule has 8 heteroatoms. The van der Waals surface area contributed by atoms with Crippen LogP contribution in [0.2, 0.25) is 0 Å². The van der Waals surface area contributed by atoms with Crippen LogP contribution in [-0.2, 0) is 0 Å². The van der Waals surface area contributed by atoms with Gasteiger partial charge in [0, 0.05) is 6.54 Å². The maximum Gasteiger partial charge on any atom is 0.323 e. The average Bonchev–Trinajstić information content (AvgIpc) is 2.47. The Balaban J connectivity index is 1.92. The van der Waals surface area contributed by atoms with E-state index in [1.807, 2.05) is 6.92 Å². The van der Waals surface area contributed by atoms with Crippen molar-refractivity contribution in [3.63, 3.8) is 0 Å². The molecule has 1 fully saturated rings. The quantitative estimate of drug-likeness (QED) is 0.506. The molecule has 1 aromatic heterocycles. The van der Waals surface area contributed by atoms with Crippen LogP contribution in [0.3, 0.4) is 0 Å². The van der Waals surface area contributed by atoms with Crippen LogP contribution in [0.5, 0.6) is 6.01 Å². The largest absolute Gasteiger partial charge is 0.464 e. The van der Waals surface area contributed by atoms with Gasteiger partial charge in [0.1, 0.15) is 0 Å². The van der Waals surface area contributed by atoms with Crippen molar-refractivity contribution in [2.24, 2.45) is 11.8 Å². The third kappa shape index (κ3) is 4.17. The molecular weight excluding hydrogens is 258 g/mol. The zero-order chi connectivity index (χ0) is 14.4. The maximum atomic E-state index is 5.35. The van der Waals surface area contributed by atoms with Gasteiger partial charge in [-0.2, -0.15) is 15.0 Å². The topological polar surface area (TPSA) is 101 Å². The summed E-state index contributed by atoms with van der Waals surface area (Å²) in [6, 6.07) is 0.279. The summed E-state index contributed by atoms with van der Waals surface area (Å²) in [5, 5.41) is 3.25. The van der Waals surface area contributed by atoms with Crippen molar-refractivity contribution in [1.29, 1.82) is 0 Å². The first kappa shape index (κ1) is 14.7. The standard InChI is InChI=1S/C12H23N7O/c1-3-20-12-16-10(15-11(17-12)18-13)14-8-9-4-6-19(2)7-5-9/h9H,3-8,13H2,1-2H3,(H2,14,15,16,17,18). The lowest BCUT2D eigenvalue weighted by Gasteiger charge is -2.28. The average molecular weight is 281 g/mol. The molecular formula is C12H23N7O. The van der Waals surface area contributed by atoms with E-state index in [-0.39, 0.29) is 6.01 Å². The SMILES string of the molecule is CCOc1nc(NN)nc(NCC2CCN(C)CC2)n1. The van der Waals surface area contributed by atoms with E-state index >= 15 is 0 Å². The van der Waals surface area contributed by atoms with Crippen LogP contribution in [0.4, 0.5) is 11.9 Å².